The molecule has 34 heavy (non-hydrogen) atoms. The number of hydrogen-bond donors (Lipinski definition) is 1. The first kappa shape index (κ1) is 20.7. The van der Waals surface area contributed by atoms with Gasteiger partial charge in [0.2, 0.25) is 12.7 Å². The molecule has 4 aromatic rings. The van der Waals surface area contributed by atoms with Crippen LogP contribution >= 0.6 is 0 Å². The zero-order chi connectivity index (χ0) is 22.9. The molecule has 3 aromatic carbocycles. The van der Waals surface area contributed by atoms with E-state index in [4.69, 9.17) is 19.4 Å². The summed E-state index contributed by atoms with van der Waals surface area (Å²) in [6.07, 6.45) is 0. The van der Waals surface area contributed by atoms with Gasteiger partial charge in [-0.1, -0.05) is 35.9 Å². The minimum absolute atomic E-state index is 0.310. The summed E-state index contributed by atoms with van der Waals surface area (Å²) in [6, 6.07) is 22.8. The van der Waals surface area contributed by atoms with Gasteiger partial charge in [-0.05, 0) is 48.9 Å². The van der Waals surface area contributed by atoms with Gasteiger partial charge in [0.15, 0.2) is 11.5 Å². The van der Waals surface area contributed by atoms with Gasteiger partial charge in [-0.3, -0.25) is 4.90 Å². The molecule has 1 fully saturated rings. The fourth-order valence-corrected chi connectivity index (χ4v) is 4.48. The number of para-hydroxylation sites is 1. The van der Waals surface area contributed by atoms with Crippen molar-refractivity contribution in [3.05, 3.63) is 77.9 Å². The second-order valence-electron chi connectivity index (χ2n) is 8.83. The number of rotatable bonds is 5. The average molecular weight is 454 g/mol. The van der Waals surface area contributed by atoms with Crippen LogP contribution in [0.4, 0.5) is 17.5 Å². The fraction of sp³-hybridized carbons (Fsp3) is 0.259. The van der Waals surface area contributed by atoms with Gasteiger partial charge >= 0.3 is 0 Å². The van der Waals surface area contributed by atoms with Gasteiger partial charge in [-0.15, -0.1) is 0 Å². The van der Waals surface area contributed by atoms with Crippen LogP contribution in [0.5, 0.6) is 11.5 Å². The second-order valence-corrected chi connectivity index (χ2v) is 8.83. The number of nitrogens with zero attached hydrogens (tertiary/aromatic N) is 4. The van der Waals surface area contributed by atoms with Crippen LogP contribution in [0.15, 0.2) is 66.7 Å². The summed E-state index contributed by atoms with van der Waals surface area (Å²) < 4.78 is 11.0. The number of nitrogens with one attached hydrogen (secondary N) is 1. The summed E-state index contributed by atoms with van der Waals surface area (Å²) >= 11 is 0. The highest BCUT2D eigenvalue weighted by Gasteiger charge is 2.21. The van der Waals surface area contributed by atoms with E-state index in [1.165, 1.54) is 11.1 Å². The van der Waals surface area contributed by atoms with Crippen molar-refractivity contribution in [2.24, 2.45) is 0 Å². The zero-order valence-corrected chi connectivity index (χ0v) is 19.2. The highest BCUT2D eigenvalue weighted by atomic mass is 16.7. The van der Waals surface area contributed by atoms with Crippen LogP contribution in [0.3, 0.4) is 0 Å². The molecule has 2 aliphatic rings. The molecule has 7 heteroatoms. The topological polar surface area (TPSA) is 62.8 Å². The molecule has 0 bridgehead atoms. The molecule has 172 valence electrons. The Hall–Kier alpha value is -3.84. The van der Waals surface area contributed by atoms with Gasteiger partial charge in [0.05, 0.1) is 5.52 Å². The molecular formula is C27H27N5O2. The SMILES string of the molecule is Cc1ccc(Nc2nc(N3CCN(Cc4ccc5c(c4)OCO5)CC3)nc3ccccc23)cc1. The fourth-order valence-electron chi connectivity index (χ4n) is 4.48. The lowest BCUT2D eigenvalue weighted by atomic mass is 10.1. The average Bonchev–Trinajstić information content (AvgIpc) is 3.34. The van der Waals surface area contributed by atoms with E-state index in [9.17, 15) is 0 Å². The quantitative estimate of drug-likeness (QED) is 0.469. The molecular weight excluding hydrogens is 426 g/mol. The van der Waals surface area contributed by atoms with Crippen molar-refractivity contribution >= 4 is 28.4 Å². The molecule has 6 rings (SSSR count). The van der Waals surface area contributed by atoms with Crippen LogP contribution in [0.25, 0.3) is 10.9 Å². The van der Waals surface area contributed by atoms with Crippen molar-refractivity contribution in [2.45, 2.75) is 13.5 Å². The molecule has 2 aliphatic heterocycles. The third-order valence-electron chi connectivity index (χ3n) is 6.40. The number of ether oxygens (including phenoxy) is 2. The van der Waals surface area contributed by atoms with E-state index < -0.39 is 0 Å². The molecule has 1 saturated heterocycles. The molecule has 7 nitrogen and oxygen atoms in total. The first-order valence-electron chi connectivity index (χ1n) is 11.7. The van der Waals surface area contributed by atoms with E-state index in [2.05, 4.69) is 70.6 Å². The van der Waals surface area contributed by atoms with Gasteiger partial charge in [0.25, 0.3) is 0 Å². The molecule has 1 aromatic heterocycles. The first-order valence-corrected chi connectivity index (χ1v) is 11.7. The zero-order valence-electron chi connectivity index (χ0n) is 19.2. The summed E-state index contributed by atoms with van der Waals surface area (Å²) in [5.41, 5.74) is 4.44. The van der Waals surface area contributed by atoms with Gasteiger partial charge < -0.3 is 19.7 Å². The van der Waals surface area contributed by atoms with Gasteiger partial charge in [0, 0.05) is 43.8 Å². The number of fused-ring (bicyclic) bond motifs is 2. The van der Waals surface area contributed by atoms with Crippen LogP contribution in [-0.2, 0) is 6.54 Å². The minimum atomic E-state index is 0.310. The predicted octanol–water partition coefficient (Wildman–Crippen LogP) is 4.73. The van der Waals surface area contributed by atoms with Crippen molar-refractivity contribution in [2.75, 3.05) is 43.2 Å². The Bertz CT molecular complexity index is 1320. The van der Waals surface area contributed by atoms with Crippen molar-refractivity contribution in [3.8, 4) is 11.5 Å². The Morgan fingerprint density at radius 1 is 0.853 bits per heavy atom. The molecule has 0 unspecified atom stereocenters. The molecule has 0 aliphatic carbocycles. The van der Waals surface area contributed by atoms with Crippen LogP contribution in [0.2, 0.25) is 0 Å². The van der Waals surface area contributed by atoms with Crippen LogP contribution in [0, 0.1) is 6.92 Å². The van der Waals surface area contributed by atoms with Crippen molar-refractivity contribution < 1.29 is 9.47 Å². The Balaban J connectivity index is 1.18. The van der Waals surface area contributed by atoms with Crippen molar-refractivity contribution in [1.29, 1.82) is 0 Å². The van der Waals surface area contributed by atoms with Gasteiger partial charge in [-0.25, -0.2) is 4.98 Å². The standard InChI is InChI=1S/C27H27N5O2/c1-19-6-9-21(10-7-19)28-26-22-4-2-3-5-23(22)29-27(30-26)32-14-12-31(13-15-32)17-20-8-11-24-25(16-20)34-18-33-24/h2-11,16H,12-15,17-18H2,1H3,(H,28,29,30). The monoisotopic (exact) mass is 453 g/mol. The minimum Gasteiger partial charge on any atom is -0.454 e. The van der Waals surface area contributed by atoms with E-state index in [1.807, 2.05) is 18.2 Å². The van der Waals surface area contributed by atoms with Gasteiger partial charge in [-0.2, -0.15) is 4.98 Å². The van der Waals surface area contributed by atoms with Crippen LogP contribution in [0.1, 0.15) is 11.1 Å². The summed E-state index contributed by atoms with van der Waals surface area (Å²) in [4.78, 5) is 14.6. The lowest BCUT2D eigenvalue weighted by Gasteiger charge is -2.35. The largest absolute Gasteiger partial charge is 0.454 e. The Kier molecular flexibility index (Phi) is 5.39. The van der Waals surface area contributed by atoms with Crippen LogP contribution in [-0.4, -0.2) is 47.8 Å². The number of aryl methyl sites for hydroxylation is 1. The lowest BCUT2D eigenvalue weighted by molar-refractivity contribution is 0.174. The number of anilines is 3. The number of piperazine rings is 1. The second kappa shape index (κ2) is 8.83. The Morgan fingerprint density at radius 3 is 2.50 bits per heavy atom. The molecule has 1 N–H and O–H groups in total. The predicted molar refractivity (Wildman–Crippen MR) is 134 cm³/mol. The van der Waals surface area contributed by atoms with Crippen LogP contribution < -0.4 is 19.7 Å². The maximum absolute atomic E-state index is 5.53. The maximum Gasteiger partial charge on any atom is 0.231 e. The molecule has 0 spiro atoms. The van der Waals surface area contributed by atoms with E-state index in [1.54, 1.807) is 0 Å². The van der Waals surface area contributed by atoms with E-state index >= 15 is 0 Å². The van der Waals surface area contributed by atoms with E-state index in [-0.39, 0.29) is 0 Å². The molecule has 0 atom stereocenters. The maximum atomic E-state index is 5.53. The Morgan fingerprint density at radius 2 is 1.65 bits per heavy atom. The third-order valence-corrected chi connectivity index (χ3v) is 6.40. The van der Waals surface area contributed by atoms with E-state index in [0.717, 1.165) is 72.6 Å². The number of aromatic nitrogens is 2. The van der Waals surface area contributed by atoms with Gasteiger partial charge in [0.1, 0.15) is 5.82 Å². The molecule has 0 saturated carbocycles. The third kappa shape index (κ3) is 4.22. The first-order chi connectivity index (χ1) is 16.7. The lowest BCUT2D eigenvalue weighted by Crippen LogP contribution is -2.46. The Labute approximate surface area is 199 Å². The molecule has 0 radical (unpaired) electrons. The number of hydrogen-bond acceptors (Lipinski definition) is 7. The smallest absolute Gasteiger partial charge is 0.231 e. The normalized spacial score (nSPS) is 15.6. The van der Waals surface area contributed by atoms with E-state index in [0.29, 0.717) is 6.79 Å². The number of benzene rings is 3. The van der Waals surface area contributed by atoms with Crippen molar-refractivity contribution in [3.63, 3.8) is 0 Å². The highest BCUT2D eigenvalue weighted by Crippen LogP contribution is 2.33. The molecule has 3 heterocycles. The summed E-state index contributed by atoms with van der Waals surface area (Å²) in [5.74, 6) is 3.29. The summed E-state index contributed by atoms with van der Waals surface area (Å²) in [7, 11) is 0. The summed E-state index contributed by atoms with van der Waals surface area (Å²) in [5, 5.41) is 4.53. The summed E-state index contributed by atoms with van der Waals surface area (Å²) in [6.45, 7) is 6.96. The van der Waals surface area contributed by atoms with Crippen molar-refractivity contribution in [1.82, 2.24) is 14.9 Å². The highest BCUT2D eigenvalue weighted by molar-refractivity contribution is 5.91. The molecule has 0 amide bonds.